The lowest BCUT2D eigenvalue weighted by Crippen LogP contribution is -2.59. The highest BCUT2D eigenvalue weighted by molar-refractivity contribution is 5.92. The number of aromatic nitrogens is 2. The zero-order valence-electron chi connectivity index (χ0n) is 15.8. The molecule has 5 heteroatoms. The van der Waals surface area contributed by atoms with Crippen molar-refractivity contribution in [1.82, 2.24) is 15.1 Å². The maximum Gasteiger partial charge on any atom is 0.271 e. The molecule has 2 unspecified atom stereocenters. The minimum Gasteiger partial charge on any atom is -0.373 e. The van der Waals surface area contributed by atoms with Gasteiger partial charge in [-0.25, -0.2) is 0 Å². The van der Waals surface area contributed by atoms with Crippen LogP contribution in [0.1, 0.15) is 69.8 Å². The van der Waals surface area contributed by atoms with Crippen LogP contribution in [0, 0.1) is 16.7 Å². The molecule has 1 aromatic heterocycles. The van der Waals surface area contributed by atoms with Crippen molar-refractivity contribution < 1.29 is 9.53 Å². The van der Waals surface area contributed by atoms with Crippen LogP contribution in [0.25, 0.3) is 0 Å². The molecule has 0 aromatic carbocycles. The third-order valence-electron chi connectivity index (χ3n) is 6.57. The molecule has 4 fully saturated rings. The summed E-state index contributed by atoms with van der Waals surface area (Å²) in [7, 11) is 0. The van der Waals surface area contributed by atoms with E-state index in [9.17, 15) is 4.79 Å². The van der Waals surface area contributed by atoms with Gasteiger partial charge in [0.2, 0.25) is 0 Å². The number of carbonyl (C=O) groups is 1. The van der Waals surface area contributed by atoms with E-state index < -0.39 is 0 Å². The molecule has 0 radical (unpaired) electrons. The first-order valence-corrected chi connectivity index (χ1v) is 9.78. The second kappa shape index (κ2) is 5.83. The second-order valence-electron chi connectivity index (χ2n) is 9.47. The number of hydrogen-bond donors (Lipinski definition) is 1. The van der Waals surface area contributed by atoms with E-state index in [-0.39, 0.29) is 11.5 Å². The molecule has 1 amide bonds. The number of hydrogen-bond acceptors (Lipinski definition) is 3. The molecule has 0 spiro atoms. The first-order valence-electron chi connectivity index (χ1n) is 9.78. The molecule has 1 heterocycles. The van der Waals surface area contributed by atoms with Crippen LogP contribution in [0.4, 0.5) is 0 Å². The van der Waals surface area contributed by atoms with Crippen LogP contribution in [0.2, 0.25) is 0 Å². The lowest BCUT2D eigenvalue weighted by molar-refractivity contribution is -0.213. The molecule has 1 aromatic rings. The molecule has 4 bridgehead atoms. The van der Waals surface area contributed by atoms with Crippen molar-refractivity contribution in [2.75, 3.05) is 13.2 Å². The highest BCUT2D eigenvalue weighted by atomic mass is 16.5. The molecule has 4 aliphatic carbocycles. The van der Waals surface area contributed by atoms with Gasteiger partial charge < -0.3 is 10.1 Å². The summed E-state index contributed by atoms with van der Waals surface area (Å²) in [5.74, 6) is 0.721. The number of nitrogens with zero attached hydrogens (tertiary/aromatic N) is 2. The zero-order chi connectivity index (χ0) is 17.7. The minimum absolute atomic E-state index is 0.0530. The number of carbonyl (C=O) groups excluding carboxylic acids is 1. The molecule has 4 saturated carbocycles. The smallest absolute Gasteiger partial charge is 0.271 e. The zero-order valence-corrected chi connectivity index (χ0v) is 15.8. The Kier molecular flexibility index (Phi) is 3.98. The average molecular weight is 345 g/mol. The Morgan fingerprint density at radius 2 is 2.00 bits per heavy atom. The van der Waals surface area contributed by atoms with Crippen molar-refractivity contribution in [2.24, 2.45) is 16.7 Å². The summed E-state index contributed by atoms with van der Waals surface area (Å²) in [6.07, 6.45) is 9.56. The quantitative estimate of drug-likeness (QED) is 0.804. The standard InChI is InChI=1S/C20H31N3O2/c1-4-23-7-5-16(22-23)17(24)21-6-8-25-20-11-15-9-18(2,13-20)12-19(3,10-15)14-20/h5,7,15H,4,6,8-14H2,1-3H3,(H,21,24). The molecule has 25 heavy (non-hydrogen) atoms. The maximum atomic E-state index is 12.2. The Morgan fingerprint density at radius 3 is 2.60 bits per heavy atom. The van der Waals surface area contributed by atoms with Crippen molar-refractivity contribution in [2.45, 2.75) is 71.4 Å². The fourth-order valence-electron chi connectivity index (χ4n) is 6.69. The summed E-state index contributed by atoms with van der Waals surface area (Å²) >= 11 is 0. The Morgan fingerprint density at radius 1 is 1.28 bits per heavy atom. The van der Waals surface area contributed by atoms with Crippen molar-refractivity contribution in [3.63, 3.8) is 0 Å². The summed E-state index contributed by atoms with van der Waals surface area (Å²) < 4.78 is 8.21. The van der Waals surface area contributed by atoms with Crippen LogP contribution in [-0.2, 0) is 11.3 Å². The Hall–Kier alpha value is -1.36. The van der Waals surface area contributed by atoms with Gasteiger partial charge >= 0.3 is 0 Å². The van der Waals surface area contributed by atoms with E-state index in [2.05, 4.69) is 24.3 Å². The van der Waals surface area contributed by atoms with Gasteiger partial charge in [-0.1, -0.05) is 13.8 Å². The van der Waals surface area contributed by atoms with E-state index in [1.165, 1.54) is 38.5 Å². The second-order valence-corrected chi connectivity index (χ2v) is 9.47. The van der Waals surface area contributed by atoms with Crippen LogP contribution >= 0.6 is 0 Å². The number of ether oxygens (including phenoxy) is 1. The maximum absolute atomic E-state index is 12.2. The van der Waals surface area contributed by atoms with Gasteiger partial charge in [0.25, 0.3) is 5.91 Å². The van der Waals surface area contributed by atoms with E-state index in [4.69, 9.17) is 4.74 Å². The molecular weight excluding hydrogens is 314 g/mol. The van der Waals surface area contributed by atoms with E-state index >= 15 is 0 Å². The first kappa shape index (κ1) is 17.1. The van der Waals surface area contributed by atoms with Crippen molar-refractivity contribution >= 4 is 5.91 Å². The van der Waals surface area contributed by atoms with Gasteiger partial charge in [0, 0.05) is 19.3 Å². The summed E-state index contributed by atoms with van der Waals surface area (Å²) in [6, 6.07) is 1.76. The topological polar surface area (TPSA) is 56.2 Å². The van der Waals surface area contributed by atoms with Gasteiger partial charge in [0.05, 0.1) is 12.2 Å². The van der Waals surface area contributed by atoms with E-state index in [1.807, 2.05) is 13.1 Å². The van der Waals surface area contributed by atoms with E-state index in [0.717, 1.165) is 12.5 Å². The third-order valence-corrected chi connectivity index (χ3v) is 6.57. The summed E-state index contributed by atoms with van der Waals surface area (Å²) in [6.45, 7) is 8.85. The van der Waals surface area contributed by atoms with Crippen molar-refractivity contribution in [3.05, 3.63) is 18.0 Å². The summed E-state index contributed by atoms with van der Waals surface area (Å²) in [4.78, 5) is 12.2. The Bertz CT molecular complexity index is 650. The molecule has 1 N–H and O–H groups in total. The largest absolute Gasteiger partial charge is 0.373 e. The lowest BCUT2D eigenvalue weighted by Gasteiger charge is -2.65. The Labute approximate surface area is 150 Å². The fourth-order valence-corrected chi connectivity index (χ4v) is 6.69. The fraction of sp³-hybridized carbons (Fsp3) is 0.800. The summed E-state index contributed by atoms with van der Waals surface area (Å²) in [5.41, 5.74) is 1.46. The van der Waals surface area contributed by atoms with Gasteiger partial charge in [-0.15, -0.1) is 0 Å². The third kappa shape index (κ3) is 3.23. The predicted octanol–water partition coefficient (Wildman–Crippen LogP) is 3.40. The van der Waals surface area contributed by atoms with Gasteiger partial charge in [-0.2, -0.15) is 5.10 Å². The number of amides is 1. The van der Waals surface area contributed by atoms with E-state index in [1.54, 1.807) is 10.7 Å². The normalized spacial score (nSPS) is 38.9. The van der Waals surface area contributed by atoms with Crippen LogP contribution in [-0.4, -0.2) is 34.4 Å². The van der Waals surface area contributed by atoms with Crippen LogP contribution < -0.4 is 5.32 Å². The van der Waals surface area contributed by atoms with Crippen molar-refractivity contribution in [1.29, 1.82) is 0 Å². The van der Waals surface area contributed by atoms with Gasteiger partial charge in [-0.05, 0) is 68.3 Å². The number of rotatable bonds is 6. The molecule has 5 rings (SSSR count). The van der Waals surface area contributed by atoms with Crippen LogP contribution in [0.15, 0.2) is 12.3 Å². The summed E-state index contributed by atoms with van der Waals surface area (Å²) in [5, 5.41) is 7.19. The van der Waals surface area contributed by atoms with Crippen LogP contribution in [0.5, 0.6) is 0 Å². The number of aryl methyl sites for hydroxylation is 1. The molecular formula is C20H31N3O2. The molecule has 0 aliphatic heterocycles. The van der Waals surface area contributed by atoms with Gasteiger partial charge in [0.15, 0.2) is 0 Å². The molecule has 4 aliphatic rings. The Balaban J connectivity index is 1.31. The lowest BCUT2D eigenvalue weighted by atomic mass is 9.43. The highest BCUT2D eigenvalue weighted by Crippen LogP contribution is 2.67. The van der Waals surface area contributed by atoms with Crippen LogP contribution in [0.3, 0.4) is 0 Å². The monoisotopic (exact) mass is 345 g/mol. The van der Waals surface area contributed by atoms with Gasteiger partial charge in [-0.3, -0.25) is 9.48 Å². The van der Waals surface area contributed by atoms with Crippen molar-refractivity contribution in [3.8, 4) is 0 Å². The molecule has 5 nitrogen and oxygen atoms in total. The molecule has 138 valence electrons. The first-order chi connectivity index (χ1) is 11.8. The number of nitrogens with one attached hydrogen (secondary N) is 1. The highest BCUT2D eigenvalue weighted by Gasteiger charge is 2.60. The molecule has 0 saturated heterocycles. The average Bonchev–Trinajstić information content (AvgIpc) is 2.97. The minimum atomic E-state index is -0.111. The molecule has 2 atom stereocenters. The SMILES string of the molecule is CCn1ccc(C(=O)NCCOC23CC4CC(C)(CC(C)(C4)C2)C3)n1. The van der Waals surface area contributed by atoms with E-state index in [0.29, 0.717) is 29.7 Å². The van der Waals surface area contributed by atoms with Gasteiger partial charge in [0.1, 0.15) is 5.69 Å². The predicted molar refractivity (Wildman–Crippen MR) is 96.3 cm³/mol.